The Kier molecular flexibility index (Phi) is 5.74. The first kappa shape index (κ1) is 16.1. The largest absolute Gasteiger partial charge is 0.445 e. The number of nitrogens with zero attached hydrogens (tertiary/aromatic N) is 1. The fourth-order valence-corrected chi connectivity index (χ4v) is 1.72. The smallest absolute Gasteiger partial charge is 0.408 e. The summed E-state index contributed by atoms with van der Waals surface area (Å²) in [6.07, 6.45) is -0.602. The van der Waals surface area contributed by atoms with Crippen LogP contribution in [0.5, 0.6) is 0 Å². The van der Waals surface area contributed by atoms with Gasteiger partial charge < -0.3 is 10.1 Å². The Balaban J connectivity index is 1.81. The van der Waals surface area contributed by atoms with Crippen molar-refractivity contribution in [3.63, 3.8) is 0 Å². The van der Waals surface area contributed by atoms with Crippen molar-refractivity contribution >= 4 is 6.09 Å². The van der Waals surface area contributed by atoms with Gasteiger partial charge >= 0.3 is 6.09 Å². The molecule has 4 nitrogen and oxygen atoms in total. The monoisotopic (exact) mass is 308 g/mol. The Morgan fingerprint density at radius 2 is 2.00 bits per heavy atom. The molecular formula is C18H13FN2O2. The highest BCUT2D eigenvalue weighted by Crippen LogP contribution is 2.08. The number of halogens is 1. The standard InChI is InChI=1S/C18H13FN2O2/c19-17-9-8-15(12-20)11-16(17)7-4-10-21-18(22)23-13-14-5-2-1-3-6-14/h1-3,5-6,8-9,11H,10,13H2,(H,21,22). The minimum absolute atomic E-state index is 0.0177. The lowest BCUT2D eigenvalue weighted by Crippen LogP contribution is -2.24. The number of carbonyl (C=O) groups is 1. The van der Waals surface area contributed by atoms with E-state index in [9.17, 15) is 9.18 Å². The highest BCUT2D eigenvalue weighted by Gasteiger charge is 2.02. The van der Waals surface area contributed by atoms with Crippen LogP contribution in [0.3, 0.4) is 0 Å². The number of hydrogen-bond donors (Lipinski definition) is 1. The summed E-state index contributed by atoms with van der Waals surface area (Å²) in [5.41, 5.74) is 1.32. The van der Waals surface area contributed by atoms with Crippen LogP contribution in [0.25, 0.3) is 0 Å². The third-order valence-corrected chi connectivity index (χ3v) is 2.85. The van der Waals surface area contributed by atoms with Gasteiger partial charge in [0.25, 0.3) is 0 Å². The molecule has 0 aliphatic rings. The molecule has 0 atom stereocenters. The molecule has 5 heteroatoms. The van der Waals surface area contributed by atoms with Gasteiger partial charge in [-0.2, -0.15) is 5.26 Å². The van der Waals surface area contributed by atoms with Gasteiger partial charge in [-0.25, -0.2) is 9.18 Å². The van der Waals surface area contributed by atoms with E-state index in [2.05, 4.69) is 17.2 Å². The average Bonchev–Trinajstić information content (AvgIpc) is 2.59. The summed E-state index contributed by atoms with van der Waals surface area (Å²) in [5.74, 6) is 4.67. The molecule has 2 rings (SSSR count). The second kappa shape index (κ2) is 8.21. The lowest BCUT2D eigenvalue weighted by molar-refractivity contribution is 0.141. The van der Waals surface area contributed by atoms with Crippen LogP contribution < -0.4 is 5.32 Å². The van der Waals surface area contributed by atoms with Gasteiger partial charge in [-0.15, -0.1) is 0 Å². The van der Waals surface area contributed by atoms with E-state index in [0.717, 1.165) is 5.56 Å². The number of nitrogens with one attached hydrogen (secondary N) is 1. The molecule has 0 aliphatic heterocycles. The van der Waals surface area contributed by atoms with Crippen LogP contribution in [0.15, 0.2) is 48.5 Å². The number of benzene rings is 2. The summed E-state index contributed by atoms with van der Waals surface area (Å²) in [5, 5.41) is 11.2. The van der Waals surface area contributed by atoms with E-state index in [4.69, 9.17) is 10.00 Å². The van der Waals surface area contributed by atoms with Crippen LogP contribution in [0.2, 0.25) is 0 Å². The lowest BCUT2D eigenvalue weighted by atomic mass is 10.1. The molecule has 0 radical (unpaired) electrons. The molecule has 23 heavy (non-hydrogen) atoms. The van der Waals surface area contributed by atoms with Gasteiger partial charge in [-0.1, -0.05) is 42.2 Å². The fraction of sp³-hybridized carbons (Fsp3) is 0.111. The second-order valence-electron chi connectivity index (χ2n) is 4.52. The first-order chi connectivity index (χ1) is 11.2. The van der Waals surface area contributed by atoms with Gasteiger partial charge in [0.15, 0.2) is 0 Å². The van der Waals surface area contributed by atoms with Gasteiger partial charge in [0.05, 0.1) is 23.7 Å². The minimum Gasteiger partial charge on any atom is -0.445 e. The van der Waals surface area contributed by atoms with E-state index in [0.29, 0.717) is 5.56 Å². The van der Waals surface area contributed by atoms with Crippen LogP contribution in [0.1, 0.15) is 16.7 Å². The third kappa shape index (κ3) is 5.18. The molecule has 0 saturated heterocycles. The number of rotatable bonds is 3. The number of amides is 1. The maximum absolute atomic E-state index is 13.5. The zero-order valence-electron chi connectivity index (χ0n) is 12.2. The van der Waals surface area contributed by atoms with Crippen molar-refractivity contribution in [2.45, 2.75) is 6.61 Å². The molecule has 0 spiro atoms. The number of ether oxygens (including phenoxy) is 1. The Hall–Kier alpha value is -3.31. The summed E-state index contributed by atoms with van der Waals surface area (Å²) < 4.78 is 18.5. The summed E-state index contributed by atoms with van der Waals surface area (Å²) in [4.78, 5) is 11.5. The fourth-order valence-electron chi connectivity index (χ4n) is 1.72. The molecule has 0 heterocycles. The molecule has 1 amide bonds. The molecule has 114 valence electrons. The molecule has 0 saturated carbocycles. The van der Waals surface area contributed by atoms with Gasteiger partial charge in [-0.3, -0.25) is 0 Å². The number of hydrogen-bond acceptors (Lipinski definition) is 3. The first-order valence-corrected chi connectivity index (χ1v) is 6.82. The van der Waals surface area contributed by atoms with E-state index in [1.54, 1.807) is 0 Å². The first-order valence-electron chi connectivity index (χ1n) is 6.82. The van der Waals surface area contributed by atoms with Crippen molar-refractivity contribution < 1.29 is 13.9 Å². The highest BCUT2D eigenvalue weighted by molar-refractivity contribution is 5.67. The van der Waals surface area contributed by atoms with Crippen molar-refractivity contribution in [1.29, 1.82) is 5.26 Å². The molecule has 2 aromatic rings. The van der Waals surface area contributed by atoms with Crippen molar-refractivity contribution in [1.82, 2.24) is 5.32 Å². The Bertz CT molecular complexity index is 786. The summed E-state index contributed by atoms with van der Waals surface area (Å²) in [6, 6.07) is 15.1. The average molecular weight is 308 g/mol. The van der Waals surface area contributed by atoms with E-state index >= 15 is 0 Å². The predicted octanol–water partition coefficient (Wildman–Crippen LogP) is 2.98. The predicted molar refractivity (Wildman–Crippen MR) is 82.6 cm³/mol. The van der Waals surface area contributed by atoms with Crippen LogP contribution in [0, 0.1) is 29.0 Å². The number of carbonyl (C=O) groups excluding carboxylic acids is 1. The van der Waals surface area contributed by atoms with E-state index in [1.165, 1.54) is 18.2 Å². The molecule has 0 bridgehead atoms. The van der Waals surface area contributed by atoms with E-state index in [-0.39, 0.29) is 18.7 Å². The highest BCUT2D eigenvalue weighted by atomic mass is 19.1. The molecular weight excluding hydrogens is 295 g/mol. The van der Waals surface area contributed by atoms with Crippen LogP contribution in [-0.4, -0.2) is 12.6 Å². The molecule has 0 unspecified atom stereocenters. The zero-order chi connectivity index (χ0) is 16.5. The molecule has 0 aromatic heterocycles. The Labute approximate surface area is 133 Å². The van der Waals surface area contributed by atoms with Gasteiger partial charge in [0.2, 0.25) is 0 Å². The SMILES string of the molecule is N#Cc1ccc(F)c(C#CCNC(=O)OCc2ccccc2)c1. The van der Waals surface area contributed by atoms with E-state index < -0.39 is 11.9 Å². The van der Waals surface area contributed by atoms with Crippen molar-refractivity contribution in [2.24, 2.45) is 0 Å². The van der Waals surface area contributed by atoms with Gasteiger partial charge in [-0.05, 0) is 23.8 Å². The van der Waals surface area contributed by atoms with E-state index in [1.807, 2.05) is 36.4 Å². The number of alkyl carbamates (subject to hydrolysis) is 1. The van der Waals surface area contributed by atoms with Crippen molar-refractivity contribution in [3.05, 3.63) is 71.0 Å². The minimum atomic E-state index is -0.602. The Morgan fingerprint density at radius 1 is 1.22 bits per heavy atom. The Morgan fingerprint density at radius 3 is 2.74 bits per heavy atom. The van der Waals surface area contributed by atoms with Gasteiger partial charge in [0.1, 0.15) is 12.4 Å². The maximum Gasteiger partial charge on any atom is 0.408 e. The maximum atomic E-state index is 13.5. The topological polar surface area (TPSA) is 62.1 Å². The summed E-state index contributed by atoms with van der Waals surface area (Å²) in [7, 11) is 0. The molecule has 1 N–H and O–H groups in total. The summed E-state index contributed by atoms with van der Waals surface area (Å²) in [6.45, 7) is 0.183. The number of nitriles is 1. The van der Waals surface area contributed by atoms with Crippen LogP contribution in [-0.2, 0) is 11.3 Å². The lowest BCUT2D eigenvalue weighted by Gasteiger charge is -2.04. The van der Waals surface area contributed by atoms with Crippen molar-refractivity contribution in [2.75, 3.05) is 6.54 Å². The second-order valence-corrected chi connectivity index (χ2v) is 4.52. The summed E-state index contributed by atoms with van der Waals surface area (Å²) >= 11 is 0. The normalized spacial score (nSPS) is 9.22. The van der Waals surface area contributed by atoms with Crippen LogP contribution in [0.4, 0.5) is 9.18 Å². The molecule has 0 fully saturated rings. The van der Waals surface area contributed by atoms with Crippen molar-refractivity contribution in [3.8, 4) is 17.9 Å². The quantitative estimate of drug-likeness (QED) is 0.887. The van der Waals surface area contributed by atoms with Crippen LogP contribution >= 0.6 is 0 Å². The molecule has 2 aromatic carbocycles. The molecule has 0 aliphatic carbocycles. The zero-order valence-corrected chi connectivity index (χ0v) is 12.2. The van der Waals surface area contributed by atoms with Gasteiger partial charge in [0, 0.05) is 0 Å². The third-order valence-electron chi connectivity index (χ3n) is 2.85.